The number of rotatable bonds is 5. The summed E-state index contributed by atoms with van der Waals surface area (Å²) in [6.07, 6.45) is 2.68. The highest BCUT2D eigenvalue weighted by Crippen LogP contribution is 2.18. The molecule has 1 fully saturated rings. The monoisotopic (exact) mass is 272 g/mol. The van der Waals surface area contributed by atoms with Gasteiger partial charge in [0.25, 0.3) is 0 Å². The van der Waals surface area contributed by atoms with Gasteiger partial charge in [-0.2, -0.15) is 0 Å². The zero-order valence-corrected chi connectivity index (χ0v) is 11.6. The fraction of sp³-hybridized carbons (Fsp3) is 0.846. The van der Waals surface area contributed by atoms with E-state index in [4.69, 9.17) is 5.11 Å². The number of nitrogens with one attached hydrogen (secondary N) is 2. The zero-order valence-electron chi connectivity index (χ0n) is 11.6. The molecule has 1 saturated carbocycles. The van der Waals surface area contributed by atoms with E-state index in [2.05, 4.69) is 10.6 Å². The van der Waals surface area contributed by atoms with E-state index in [-0.39, 0.29) is 30.6 Å². The van der Waals surface area contributed by atoms with E-state index in [1.807, 2.05) is 13.8 Å². The van der Waals surface area contributed by atoms with Crippen LogP contribution in [0.5, 0.6) is 0 Å². The lowest BCUT2D eigenvalue weighted by Crippen LogP contribution is -2.46. The molecule has 0 heterocycles. The van der Waals surface area contributed by atoms with Crippen LogP contribution in [0.15, 0.2) is 0 Å². The van der Waals surface area contributed by atoms with Crippen LogP contribution in [-0.4, -0.2) is 40.9 Å². The number of aliphatic hydroxyl groups excluding tert-OH is 1. The average molecular weight is 272 g/mol. The van der Waals surface area contributed by atoms with Crippen LogP contribution in [-0.2, 0) is 4.79 Å². The highest BCUT2D eigenvalue weighted by atomic mass is 16.4. The molecular formula is C13H24N2O4. The lowest BCUT2D eigenvalue weighted by atomic mass is 9.93. The van der Waals surface area contributed by atoms with E-state index in [0.29, 0.717) is 12.8 Å². The molecule has 0 spiro atoms. The normalized spacial score (nSPS) is 24.8. The SMILES string of the molecule is CC(C)C(CNC(=O)NC1CCC(O)CC1)C(=O)O. The van der Waals surface area contributed by atoms with Crippen LogP contribution in [0.1, 0.15) is 39.5 Å². The number of carbonyl (C=O) groups is 2. The first kappa shape index (κ1) is 15.8. The van der Waals surface area contributed by atoms with Crippen LogP contribution >= 0.6 is 0 Å². The Morgan fingerprint density at radius 1 is 1.21 bits per heavy atom. The van der Waals surface area contributed by atoms with E-state index < -0.39 is 11.9 Å². The number of hydrogen-bond donors (Lipinski definition) is 4. The predicted molar refractivity (Wildman–Crippen MR) is 70.8 cm³/mol. The summed E-state index contributed by atoms with van der Waals surface area (Å²) in [6.45, 7) is 3.77. The van der Waals surface area contributed by atoms with Gasteiger partial charge >= 0.3 is 12.0 Å². The summed E-state index contributed by atoms with van der Waals surface area (Å²) < 4.78 is 0. The maximum Gasteiger partial charge on any atom is 0.315 e. The van der Waals surface area contributed by atoms with Gasteiger partial charge in [-0.25, -0.2) is 4.79 Å². The summed E-state index contributed by atoms with van der Waals surface area (Å²) in [7, 11) is 0. The van der Waals surface area contributed by atoms with E-state index >= 15 is 0 Å². The summed E-state index contributed by atoms with van der Waals surface area (Å²) in [5, 5.41) is 23.8. The Kier molecular flexibility index (Phi) is 6.08. The fourth-order valence-corrected chi connectivity index (χ4v) is 2.27. The second-order valence-electron chi connectivity index (χ2n) is 5.55. The van der Waals surface area contributed by atoms with Crippen molar-refractivity contribution >= 4 is 12.0 Å². The van der Waals surface area contributed by atoms with Crippen molar-refractivity contribution in [1.29, 1.82) is 0 Å². The largest absolute Gasteiger partial charge is 0.481 e. The molecule has 0 aromatic carbocycles. The molecule has 4 N–H and O–H groups in total. The van der Waals surface area contributed by atoms with Crippen molar-refractivity contribution in [3.8, 4) is 0 Å². The van der Waals surface area contributed by atoms with Crippen molar-refractivity contribution in [2.75, 3.05) is 6.54 Å². The van der Waals surface area contributed by atoms with Crippen LogP contribution in [0.2, 0.25) is 0 Å². The maximum absolute atomic E-state index is 11.7. The Labute approximate surface area is 113 Å². The molecule has 110 valence electrons. The molecule has 2 amide bonds. The van der Waals surface area contributed by atoms with E-state index in [9.17, 15) is 14.7 Å². The van der Waals surface area contributed by atoms with Crippen molar-refractivity contribution in [3.05, 3.63) is 0 Å². The minimum Gasteiger partial charge on any atom is -0.481 e. The van der Waals surface area contributed by atoms with Gasteiger partial charge in [-0.3, -0.25) is 4.79 Å². The molecule has 6 nitrogen and oxygen atoms in total. The van der Waals surface area contributed by atoms with Gasteiger partial charge in [0, 0.05) is 12.6 Å². The molecular weight excluding hydrogens is 248 g/mol. The van der Waals surface area contributed by atoms with Crippen molar-refractivity contribution in [2.24, 2.45) is 11.8 Å². The third-order valence-electron chi connectivity index (χ3n) is 3.64. The zero-order chi connectivity index (χ0) is 14.4. The second-order valence-corrected chi connectivity index (χ2v) is 5.55. The quantitative estimate of drug-likeness (QED) is 0.598. The van der Waals surface area contributed by atoms with E-state index in [1.54, 1.807) is 0 Å². The van der Waals surface area contributed by atoms with Crippen LogP contribution in [0, 0.1) is 11.8 Å². The molecule has 0 saturated heterocycles. The third-order valence-corrected chi connectivity index (χ3v) is 3.64. The molecule has 1 rings (SSSR count). The van der Waals surface area contributed by atoms with Gasteiger partial charge < -0.3 is 20.8 Å². The molecule has 0 aliphatic heterocycles. The molecule has 0 radical (unpaired) electrons. The summed E-state index contributed by atoms with van der Waals surface area (Å²) >= 11 is 0. The maximum atomic E-state index is 11.7. The molecule has 0 aromatic heterocycles. The highest BCUT2D eigenvalue weighted by Gasteiger charge is 2.24. The van der Waals surface area contributed by atoms with Gasteiger partial charge in [-0.1, -0.05) is 13.8 Å². The summed E-state index contributed by atoms with van der Waals surface area (Å²) in [4.78, 5) is 22.6. The van der Waals surface area contributed by atoms with Gasteiger partial charge in [0.05, 0.1) is 12.0 Å². The number of carboxylic acid groups (broad SMARTS) is 1. The third kappa shape index (κ3) is 5.46. The Hall–Kier alpha value is -1.30. The Morgan fingerprint density at radius 3 is 2.26 bits per heavy atom. The standard InChI is InChI=1S/C13H24N2O4/c1-8(2)11(12(17)18)7-14-13(19)15-9-3-5-10(16)6-4-9/h8-11,16H,3-7H2,1-2H3,(H,17,18)(H2,14,15,19). The number of urea groups is 1. The lowest BCUT2D eigenvalue weighted by molar-refractivity contribution is -0.142. The average Bonchev–Trinajstić information content (AvgIpc) is 2.31. The molecule has 1 atom stereocenters. The van der Waals surface area contributed by atoms with E-state index in [0.717, 1.165) is 12.8 Å². The number of aliphatic hydroxyl groups is 1. The smallest absolute Gasteiger partial charge is 0.315 e. The predicted octanol–water partition coefficient (Wildman–Crippen LogP) is 0.946. The molecule has 19 heavy (non-hydrogen) atoms. The van der Waals surface area contributed by atoms with Crippen molar-refractivity contribution in [3.63, 3.8) is 0 Å². The number of amides is 2. The number of hydrogen-bond acceptors (Lipinski definition) is 3. The van der Waals surface area contributed by atoms with Crippen LogP contribution < -0.4 is 10.6 Å². The van der Waals surface area contributed by atoms with Gasteiger partial charge in [0.2, 0.25) is 0 Å². The number of carbonyl (C=O) groups excluding carboxylic acids is 1. The topological polar surface area (TPSA) is 98.7 Å². The Bertz CT molecular complexity index is 312. The molecule has 6 heteroatoms. The molecule has 0 bridgehead atoms. The minimum absolute atomic E-state index is 0.0253. The lowest BCUT2D eigenvalue weighted by Gasteiger charge is -2.26. The first-order chi connectivity index (χ1) is 8.90. The van der Waals surface area contributed by atoms with Gasteiger partial charge in [0.1, 0.15) is 0 Å². The van der Waals surface area contributed by atoms with Gasteiger partial charge in [-0.15, -0.1) is 0 Å². The number of aliphatic carboxylic acids is 1. The first-order valence-electron chi connectivity index (χ1n) is 6.85. The van der Waals surface area contributed by atoms with Crippen molar-refractivity contribution in [1.82, 2.24) is 10.6 Å². The van der Waals surface area contributed by atoms with Crippen LogP contribution in [0.3, 0.4) is 0 Å². The van der Waals surface area contributed by atoms with Gasteiger partial charge in [0.15, 0.2) is 0 Å². The van der Waals surface area contributed by atoms with E-state index in [1.165, 1.54) is 0 Å². The molecule has 0 aromatic rings. The minimum atomic E-state index is -0.893. The summed E-state index contributed by atoms with van der Waals surface area (Å²) in [5.41, 5.74) is 0. The fourth-order valence-electron chi connectivity index (χ4n) is 2.27. The Balaban J connectivity index is 2.29. The molecule has 1 unspecified atom stereocenters. The first-order valence-corrected chi connectivity index (χ1v) is 6.85. The van der Waals surface area contributed by atoms with Crippen LogP contribution in [0.4, 0.5) is 4.79 Å². The van der Waals surface area contributed by atoms with Crippen LogP contribution in [0.25, 0.3) is 0 Å². The van der Waals surface area contributed by atoms with Crippen molar-refractivity contribution < 1.29 is 19.8 Å². The molecule has 1 aliphatic rings. The Morgan fingerprint density at radius 2 is 1.79 bits per heavy atom. The highest BCUT2D eigenvalue weighted by molar-refractivity contribution is 5.76. The number of carboxylic acids is 1. The molecule has 1 aliphatic carbocycles. The second kappa shape index (κ2) is 7.33. The van der Waals surface area contributed by atoms with Crippen molar-refractivity contribution in [2.45, 2.75) is 51.7 Å². The summed E-state index contributed by atoms with van der Waals surface area (Å²) in [5.74, 6) is -1.49. The summed E-state index contributed by atoms with van der Waals surface area (Å²) in [6, 6.07) is -0.251. The van der Waals surface area contributed by atoms with Gasteiger partial charge in [-0.05, 0) is 31.6 Å².